The summed E-state index contributed by atoms with van der Waals surface area (Å²) in [6, 6.07) is 8.08. The van der Waals surface area contributed by atoms with Crippen molar-refractivity contribution in [2.75, 3.05) is 5.32 Å². The molecule has 5 heteroatoms. The second-order valence-electron chi connectivity index (χ2n) is 6.12. The van der Waals surface area contributed by atoms with Crippen molar-refractivity contribution in [3.8, 4) is 11.5 Å². The molecule has 2 N–H and O–H groups in total. The molecule has 0 amide bonds. The largest absolute Gasteiger partial charge is 0.382 e. The molecule has 0 fully saturated rings. The van der Waals surface area contributed by atoms with E-state index in [0.717, 1.165) is 33.8 Å². The lowest BCUT2D eigenvalue weighted by atomic mass is 10.1. The number of aromatic amines is 1. The van der Waals surface area contributed by atoms with Gasteiger partial charge in [-0.15, -0.1) is 0 Å². The maximum atomic E-state index is 11.8. The van der Waals surface area contributed by atoms with E-state index in [-0.39, 0.29) is 5.78 Å². The minimum absolute atomic E-state index is 0.144. The van der Waals surface area contributed by atoms with Crippen LogP contribution in [-0.2, 0) is 7.05 Å². The van der Waals surface area contributed by atoms with E-state index in [4.69, 9.17) is 0 Å². The molecule has 0 aliphatic heterocycles. The highest BCUT2D eigenvalue weighted by Crippen LogP contribution is 2.25. The van der Waals surface area contributed by atoms with E-state index in [1.807, 2.05) is 50.6 Å². The van der Waals surface area contributed by atoms with Crippen LogP contribution in [0.15, 0.2) is 30.5 Å². The molecular weight excluding hydrogens is 312 g/mol. The van der Waals surface area contributed by atoms with Crippen LogP contribution in [0.25, 0.3) is 22.6 Å². The molecule has 0 bridgehead atoms. The maximum absolute atomic E-state index is 11.8. The minimum Gasteiger partial charge on any atom is -0.382 e. The third kappa shape index (κ3) is 4.10. The maximum Gasteiger partial charge on any atom is 0.162 e. The van der Waals surface area contributed by atoms with Crippen molar-refractivity contribution < 1.29 is 4.79 Å². The second kappa shape index (κ2) is 8.01. The predicted octanol–water partition coefficient (Wildman–Crippen LogP) is 5.01. The molecule has 5 nitrogen and oxygen atoms in total. The molecule has 0 spiro atoms. The Bertz CT molecular complexity index is 858. The van der Waals surface area contributed by atoms with E-state index >= 15 is 0 Å². The number of ketones is 1. The average molecular weight is 340 g/mol. The number of aromatic nitrogens is 3. The Kier molecular flexibility index (Phi) is 6.02. The highest BCUT2D eigenvalue weighted by Gasteiger charge is 2.12. The van der Waals surface area contributed by atoms with Crippen LogP contribution < -0.4 is 5.32 Å². The zero-order valence-corrected chi connectivity index (χ0v) is 16.0. The van der Waals surface area contributed by atoms with Gasteiger partial charge < -0.3 is 14.9 Å². The van der Waals surface area contributed by atoms with Crippen molar-refractivity contribution in [2.45, 2.75) is 47.1 Å². The van der Waals surface area contributed by atoms with Crippen molar-refractivity contribution in [1.82, 2.24) is 14.5 Å². The van der Waals surface area contributed by atoms with Gasteiger partial charge in [0.2, 0.25) is 0 Å². The van der Waals surface area contributed by atoms with Gasteiger partial charge >= 0.3 is 0 Å². The Labute approximate surface area is 149 Å². The topological polar surface area (TPSA) is 62.7 Å². The Balaban J connectivity index is 0.00000109. The van der Waals surface area contributed by atoms with Crippen LogP contribution >= 0.6 is 0 Å². The third-order valence-electron chi connectivity index (χ3n) is 3.83. The van der Waals surface area contributed by atoms with Crippen molar-refractivity contribution in [3.63, 3.8) is 0 Å². The van der Waals surface area contributed by atoms with E-state index in [9.17, 15) is 4.79 Å². The molecule has 2 heterocycles. The SMILES string of the molecule is CC.CCC(=O)c1ccc2nc(-c3cc(NC(C)C)cn3C)[nH]c2c1. The fourth-order valence-corrected chi connectivity index (χ4v) is 2.72. The quantitative estimate of drug-likeness (QED) is 0.642. The molecule has 1 aromatic carbocycles. The number of fused-ring (bicyclic) bond motifs is 1. The van der Waals surface area contributed by atoms with E-state index in [1.165, 1.54) is 0 Å². The number of nitrogens with zero attached hydrogens (tertiary/aromatic N) is 2. The number of benzene rings is 1. The number of carbonyl (C=O) groups excluding carboxylic acids is 1. The van der Waals surface area contributed by atoms with Crippen molar-refractivity contribution in [1.29, 1.82) is 0 Å². The first-order chi connectivity index (χ1) is 12.0. The van der Waals surface area contributed by atoms with Gasteiger partial charge in [-0.1, -0.05) is 20.8 Å². The lowest BCUT2D eigenvalue weighted by Crippen LogP contribution is -2.08. The number of carbonyl (C=O) groups is 1. The molecule has 0 radical (unpaired) electrons. The van der Waals surface area contributed by atoms with Crippen LogP contribution in [-0.4, -0.2) is 26.4 Å². The Morgan fingerprint density at radius 3 is 2.64 bits per heavy atom. The molecule has 0 atom stereocenters. The van der Waals surface area contributed by atoms with Crippen molar-refractivity contribution in [2.24, 2.45) is 7.05 Å². The summed E-state index contributed by atoms with van der Waals surface area (Å²) >= 11 is 0. The molecule has 0 aliphatic rings. The molecule has 0 saturated carbocycles. The molecule has 3 rings (SSSR count). The molecular formula is C20H28N4O. The summed E-state index contributed by atoms with van der Waals surface area (Å²) in [6.07, 6.45) is 2.56. The number of nitrogens with one attached hydrogen (secondary N) is 2. The van der Waals surface area contributed by atoms with Gasteiger partial charge in [-0.3, -0.25) is 4.79 Å². The third-order valence-corrected chi connectivity index (χ3v) is 3.83. The molecule has 134 valence electrons. The molecule has 0 aliphatic carbocycles. The second-order valence-corrected chi connectivity index (χ2v) is 6.12. The van der Waals surface area contributed by atoms with Crippen molar-refractivity contribution >= 4 is 22.5 Å². The van der Waals surface area contributed by atoms with Crippen LogP contribution in [0.2, 0.25) is 0 Å². The Hall–Kier alpha value is -2.56. The number of hydrogen-bond donors (Lipinski definition) is 2. The zero-order valence-electron chi connectivity index (χ0n) is 16.0. The average Bonchev–Trinajstić information content (AvgIpc) is 3.17. The van der Waals surface area contributed by atoms with Gasteiger partial charge in [0.1, 0.15) is 0 Å². The van der Waals surface area contributed by atoms with Crippen molar-refractivity contribution in [3.05, 3.63) is 36.0 Å². The lowest BCUT2D eigenvalue weighted by molar-refractivity contribution is 0.0988. The molecule has 3 aromatic rings. The summed E-state index contributed by atoms with van der Waals surface area (Å²) in [5.74, 6) is 0.950. The van der Waals surface area contributed by atoms with Gasteiger partial charge in [0.05, 0.1) is 22.4 Å². The molecule has 0 unspecified atom stereocenters. The van der Waals surface area contributed by atoms with E-state index < -0.39 is 0 Å². The van der Waals surface area contributed by atoms with Gasteiger partial charge in [0, 0.05) is 31.3 Å². The van der Waals surface area contributed by atoms with Gasteiger partial charge in [0.15, 0.2) is 11.6 Å². The summed E-state index contributed by atoms with van der Waals surface area (Å²) in [5, 5.41) is 3.39. The van der Waals surface area contributed by atoms with Crippen LogP contribution in [0.3, 0.4) is 0 Å². The standard InChI is InChI=1S/C18H22N4O.C2H6/c1-5-17(23)12-6-7-14-15(8-12)21-18(20-14)16-9-13(10-22(16)4)19-11(2)3;1-2/h6-11,19H,5H2,1-4H3,(H,20,21);1-2H3. The first-order valence-electron chi connectivity index (χ1n) is 8.94. The van der Waals surface area contributed by atoms with E-state index in [1.54, 1.807) is 0 Å². The van der Waals surface area contributed by atoms with Crippen LogP contribution in [0.1, 0.15) is 51.4 Å². The zero-order chi connectivity index (χ0) is 18.6. The van der Waals surface area contributed by atoms with E-state index in [2.05, 4.69) is 41.4 Å². The van der Waals surface area contributed by atoms with Crippen LogP contribution in [0.5, 0.6) is 0 Å². The minimum atomic E-state index is 0.144. The summed E-state index contributed by atoms with van der Waals surface area (Å²) in [5.41, 5.74) is 4.56. The summed E-state index contributed by atoms with van der Waals surface area (Å²) < 4.78 is 2.04. The smallest absolute Gasteiger partial charge is 0.162 e. The first kappa shape index (κ1) is 18.8. The van der Waals surface area contributed by atoms with Crippen LogP contribution in [0.4, 0.5) is 5.69 Å². The number of H-pyrrole nitrogens is 1. The van der Waals surface area contributed by atoms with Gasteiger partial charge in [0.25, 0.3) is 0 Å². The normalized spacial score (nSPS) is 10.7. The highest BCUT2D eigenvalue weighted by atomic mass is 16.1. The van der Waals surface area contributed by atoms with Gasteiger partial charge in [-0.2, -0.15) is 0 Å². The monoisotopic (exact) mass is 340 g/mol. The van der Waals surface area contributed by atoms with Gasteiger partial charge in [-0.25, -0.2) is 4.98 Å². The Morgan fingerprint density at radius 1 is 1.28 bits per heavy atom. The molecule has 0 saturated heterocycles. The first-order valence-corrected chi connectivity index (χ1v) is 8.94. The fourth-order valence-electron chi connectivity index (χ4n) is 2.72. The van der Waals surface area contributed by atoms with Gasteiger partial charge in [-0.05, 0) is 38.1 Å². The summed E-state index contributed by atoms with van der Waals surface area (Å²) in [7, 11) is 2.00. The highest BCUT2D eigenvalue weighted by molar-refractivity contribution is 5.99. The molecule has 25 heavy (non-hydrogen) atoms. The number of Topliss-reactive ketones (excluding diaryl/α,β-unsaturated/α-hetero) is 1. The number of rotatable bonds is 5. The fraction of sp³-hybridized carbons (Fsp3) is 0.400. The number of anilines is 1. The van der Waals surface area contributed by atoms with Crippen LogP contribution in [0, 0.1) is 0 Å². The summed E-state index contributed by atoms with van der Waals surface area (Å²) in [4.78, 5) is 19.8. The number of imidazole rings is 1. The summed E-state index contributed by atoms with van der Waals surface area (Å²) in [6.45, 7) is 10.1. The van der Waals surface area contributed by atoms with E-state index in [0.29, 0.717) is 12.5 Å². The lowest BCUT2D eigenvalue weighted by Gasteiger charge is -2.05. The Morgan fingerprint density at radius 2 is 2.00 bits per heavy atom. The number of aryl methyl sites for hydroxylation is 1. The predicted molar refractivity (Wildman–Crippen MR) is 105 cm³/mol. The molecule has 2 aromatic heterocycles. The number of hydrogen-bond acceptors (Lipinski definition) is 3.